The van der Waals surface area contributed by atoms with Gasteiger partial charge in [-0.25, -0.2) is 0 Å². The lowest BCUT2D eigenvalue weighted by atomic mass is 9.88. The van der Waals surface area contributed by atoms with Gasteiger partial charge in [0.25, 0.3) is 0 Å². The number of aliphatic hydroxyl groups is 1. The van der Waals surface area contributed by atoms with E-state index in [0.29, 0.717) is 25.7 Å². The Kier molecular flexibility index (Phi) is 6.05. The Labute approximate surface area is 111 Å². The SMILES string of the molecule is COC(C)(C)CCOCCC1CCCC1(O)CN. The molecule has 0 radical (unpaired) electrons. The summed E-state index contributed by atoms with van der Waals surface area (Å²) in [6, 6.07) is 0. The lowest BCUT2D eigenvalue weighted by molar-refractivity contribution is -0.0234. The average molecular weight is 259 g/mol. The van der Waals surface area contributed by atoms with Gasteiger partial charge in [-0.05, 0) is 45.4 Å². The van der Waals surface area contributed by atoms with E-state index in [9.17, 15) is 5.11 Å². The van der Waals surface area contributed by atoms with Crippen LogP contribution in [0.15, 0.2) is 0 Å². The quantitative estimate of drug-likeness (QED) is 0.651. The molecule has 0 heterocycles. The molecule has 0 aliphatic heterocycles. The summed E-state index contributed by atoms with van der Waals surface area (Å²) in [4.78, 5) is 0. The molecule has 108 valence electrons. The Hall–Kier alpha value is -0.160. The highest BCUT2D eigenvalue weighted by atomic mass is 16.5. The van der Waals surface area contributed by atoms with E-state index in [2.05, 4.69) is 13.8 Å². The van der Waals surface area contributed by atoms with Crippen molar-refractivity contribution < 1.29 is 14.6 Å². The number of hydrogen-bond donors (Lipinski definition) is 2. The van der Waals surface area contributed by atoms with Crippen molar-refractivity contribution in [1.82, 2.24) is 0 Å². The lowest BCUT2D eigenvalue weighted by Crippen LogP contribution is -2.41. The van der Waals surface area contributed by atoms with Gasteiger partial charge in [0.2, 0.25) is 0 Å². The predicted octanol–water partition coefficient (Wildman–Crippen LogP) is 1.70. The fourth-order valence-electron chi connectivity index (χ4n) is 2.56. The minimum Gasteiger partial charge on any atom is -0.388 e. The minimum absolute atomic E-state index is 0.120. The van der Waals surface area contributed by atoms with Gasteiger partial charge in [-0.15, -0.1) is 0 Å². The standard InChI is InChI=1S/C14H29NO3/c1-13(2,17-3)8-10-18-9-6-12-5-4-7-14(12,16)11-15/h12,16H,4-11,15H2,1-3H3. The number of methoxy groups -OCH3 is 1. The van der Waals surface area contributed by atoms with Crippen LogP contribution >= 0.6 is 0 Å². The smallest absolute Gasteiger partial charge is 0.0798 e. The van der Waals surface area contributed by atoms with Crippen LogP contribution in [0, 0.1) is 5.92 Å². The molecule has 2 unspecified atom stereocenters. The molecule has 0 amide bonds. The van der Waals surface area contributed by atoms with E-state index < -0.39 is 5.60 Å². The molecule has 1 aliphatic rings. The maximum Gasteiger partial charge on any atom is 0.0798 e. The van der Waals surface area contributed by atoms with Crippen LogP contribution in [0.3, 0.4) is 0 Å². The van der Waals surface area contributed by atoms with Gasteiger partial charge in [-0.3, -0.25) is 0 Å². The fourth-order valence-corrected chi connectivity index (χ4v) is 2.56. The molecule has 1 saturated carbocycles. The molecule has 0 spiro atoms. The first-order valence-electron chi connectivity index (χ1n) is 6.99. The zero-order valence-corrected chi connectivity index (χ0v) is 12.1. The van der Waals surface area contributed by atoms with Crippen LogP contribution in [0.5, 0.6) is 0 Å². The van der Waals surface area contributed by atoms with Gasteiger partial charge in [0.1, 0.15) is 0 Å². The largest absolute Gasteiger partial charge is 0.388 e. The van der Waals surface area contributed by atoms with E-state index in [1.165, 1.54) is 0 Å². The molecule has 0 saturated heterocycles. The van der Waals surface area contributed by atoms with E-state index in [0.717, 1.165) is 32.1 Å². The van der Waals surface area contributed by atoms with Crippen LogP contribution in [0.4, 0.5) is 0 Å². The first-order chi connectivity index (χ1) is 8.43. The molecule has 4 nitrogen and oxygen atoms in total. The third-order valence-electron chi connectivity index (χ3n) is 4.29. The second kappa shape index (κ2) is 6.85. The Balaban J connectivity index is 2.15. The zero-order chi connectivity index (χ0) is 13.6. The van der Waals surface area contributed by atoms with Gasteiger partial charge in [-0.1, -0.05) is 6.42 Å². The van der Waals surface area contributed by atoms with Crippen LogP contribution in [-0.4, -0.2) is 43.2 Å². The van der Waals surface area contributed by atoms with Crippen molar-refractivity contribution in [2.75, 3.05) is 26.9 Å². The summed E-state index contributed by atoms with van der Waals surface area (Å²) < 4.78 is 11.0. The minimum atomic E-state index is -0.644. The molecular weight excluding hydrogens is 230 g/mol. The van der Waals surface area contributed by atoms with Crippen LogP contribution in [-0.2, 0) is 9.47 Å². The highest BCUT2D eigenvalue weighted by Gasteiger charge is 2.39. The first-order valence-corrected chi connectivity index (χ1v) is 6.99. The van der Waals surface area contributed by atoms with Gasteiger partial charge in [0.15, 0.2) is 0 Å². The van der Waals surface area contributed by atoms with Gasteiger partial charge in [0.05, 0.1) is 11.2 Å². The molecule has 0 aromatic carbocycles. The highest BCUT2D eigenvalue weighted by molar-refractivity contribution is 4.92. The summed E-state index contributed by atoms with van der Waals surface area (Å²) >= 11 is 0. The van der Waals surface area contributed by atoms with Crippen molar-refractivity contribution in [3.8, 4) is 0 Å². The van der Waals surface area contributed by atoms with Crippen LogP contribution in [0.2, 0.25) is 0 Å². The van der Waals surface area contributed by atoms with Crippen molar-refractivity contribution in [2.45, 2.75) is 57.2 Å². The van der Waals surface area contributed by atoms with E-state index in [1.54, 1.807) is 7.11 Å². The van der Waals surface area contributed by atoms with Crippen LogP contribution in [0.25, 0.3) is 0 Å². The number of ether oxygens (including phenoxy) is 2. The van der Waals surface area contributed by atoms with Crippen LogP contribution < -0.4 is 5.73 Å². The molecule has 4 heteroatoms. The average Bonchev–Trinajstić information content (AvgIpc) is 2.71. The van der Waals surface area contributed by atoms with Crippen molar-refractivity contribution in [3.63, 3.8) is 0 Å². The van der Waals surface area contributed by atoms with Gasteiger partial charge >= 0.3 is 0 Å². The molecule has 1 fully saturated rings. The summed E-state index contributed by atoms with van der Waals surface area (Å²) in [5, 5.41) is 10.3. The molecule has 1 rings (SSSR count). The summed E-state index contributed by atoms with van der Waals surface area (Å²) in [6.07, 6.45) is 4.77. The Bertz CT molecular complexity index is 245. The van der Waals surface area contributed by atoms with Crippen LogP contribution in [0.1, 0.15) is 46.0 Å². The fraction of sp³-hybridized carbons (Fsp3) is 1.00. The van der Waals surface area contributed by atoms with Crippen molar-refractivity contribution in [3.05, 3.63) is 0 Å². The van der Waals surface area contributed by atoms with E-state index in [-0.39, 0.29) is 5.60 Å². The van der Waals surface area contributed by atoms with Crippen molar-refractivity contribution in [1.29, 1.82) is 0 Å². The second-order valence-corrected chi connectivity index (χ2v) is 6.01. The third-order valence-corrected chi connectivity index (χ3v) is 4.29. The summed E-state index contributed by atoms with van der Waals surface area (Å²) in [5.41, 5.74) is 4.89. The number of rotatable bonds is 8. The Morgan fingerprint density at radius 3 is 2.72 bits per heavy atom. The van der Waals surface area contributed by atoms with Crippen molar-refractivity contribution >= 4 is 0 Å². The van der Waals surface area contributed by atoms with Gasteiger partial charge in [0, 0.05) is 26.9 Å². The molecule has 0 bridgehead atoms. The van der Waals surface area contributed by atoms with E-state index in [4.69, 9.17) is 15.2 Å². The van der Waals surface area contributed by atoms with Gasteiger partial charge < -0.3 is 20.3 Å². The predicted molar refractivity (Wildman–Crippen MR) is 72.5 cm³/mol. The molecule has 0 aromatic heterocycles. The summed E-state index contributed by atoms with van der Waals surface area (Å²) in [6.45, 7) is 5.89. The normalized spacial score (nSPS) is 28.8. The summed E-state index contributed by atoms with van der Waals surface area (Å²) in [7, 11) is 1.72. The summed E-state index contributed by atoms with van der Waals surface area (Å²) in [5.74, 6) is 0.304. The van der Waals surface area contributed by atoms with Crippen molar-refractivity contribution in [2.24, 2.45) is 11.7 Å². The molecule has 1 aliphatic carbocycles. The molecule has 18 heavy (non-hydrogen) atoms. The first kappa shape index (κ1) is 15.9. The maximum absolute atomic E-state index is 10.3. The topological polar surface area (TPSA) is 64.7 Å². The van der Waals surface area contributed by atoms with E-state index >= 15 is 0 Å². The number of nitrogens with two attached hydrogens (primary N) is 1. The molecule has 0 aromatic rings. The Morgan fingerprint density at radius 2 is 2.11 bits per heavy atom. The maximum atomic E-state index is 10.3. The number of hydrogen-bond acceptors (Lipinski definition) is 4. The Morgan fingerprint density at radius 1 is 1.39 bits per heavy atom. The molecule has 2 atom stereocenters. The highest BCUT2D eigenvalue weighted by Crippen LogP contribution is 2.37. The third kappa shape index (κ3) is 4.50. The second-order valence-electron chi connectivity index (χ2n) is 6.01. The molecule has 3 N–H and O–H groups in total. The van der Waals surface area contributed by atoms with E-state index in [1.807, 2.05) is 0 Å². The zero-order valence-electron chi connectivity index (χ0n) is 12.1. The molecular formula is C14H29NO3. The lowest BCUT2D eigenvalue weighted by Gasteiger charge is -2.28. The van der Waals surface area contributed by atoms with Gasteiger partial charge in [-0.2, -0.15) is 0 Å². The monoisotopic (exact) mass is 259 g/mol.